The lowest BCUT2D eigenvalue weighted by Crippen LogP contribution is -2.45. The van der Waals surface area contributed by atoms with Crippen LogP contribution in [0.15, 0.2) is 66.2 Å². The molecular formula is C25H26N4O3S. The quantitative estimate of drug-likeness (QED) is 0.334. The molecule has 3 N–H and O–H groups in total. The van der Waals surface area contributed by atoms with E-state index in [-0.39, 0.29) is 18.4 Å². The second-order valence-corrected chi connectivity index (χ2v) is 9.00. The van der Waals surface area contributed by atoms with Crippen LogP contribution in [0.4, 0.5) is 9.93 Å². The van der Waals surface area contributed by atoms with Gasteiger partial charge >= 0.3 is 6.09 Å². The Hall–Kier alpha value is -3.65. The van der Waals surface area contributed by atoms with E-state index in [0.717, 1.165) is 27.7 Å². The Morgan fingerprint density at radius 2 is 1.85 bits per heavy atom. The van der Waals surface area contributed by atoms with E-state index in [0.29, 0.717) is 11.6 Å². The third-order valence-corrected chi connectivity index (χ3v) is 5.82. The Balaban J connectivity index is 1.51. The van der Waals surface area contributed by atoms with Gasteiger partial charge in [-0.2, -0.15) is 0 Å². The molecule has 7 nitrogen and oxygen atoms in total. The topological polar surface area (TPSA) is 96.1 Å². The molecule has 0 radical (unpaired) electrons. The molecule has 0 bridgehead atoms. The molecule has 2 aromatic carbocycles. The van der Waals surface area contributed by atoms with Crippen LogP contribution < -0.4 is 10.6 Å². The first-order valence-electron chi connectivity index (χ1n) is 10.8. The van der Waals surface area contributed by atoms with Gasteiger partial charge in [-0.15, -0.1) is 11.3 Å². The van der Waals surface area contributed by atoms with E-state index < -0.39 is 12.1 Å². The second-order valence-electron chi connectivity index (χ2n) is 8.15. The summed E-state index contributed by atoms with van der Waals surface area (Å²) >= 11 is 1.34. The number of rotatable bonds is 8. The molecule has 33 heavy (non-hydrogen) atoms. The molecule has 4 aromatic rings. The number of para-hydroxylation sites is 1. The van der Waals surface area contributed by atoms with Crippen molar-refractivity contribution in [2.24, 2.45) is 5.92 Å². The Morgan fingerprint density at radius 3 is 2.64 bits per heavy atom. The average molecular weight is 463 g/mol. The Bertz CT molecular complexity index is 1230. The minimum absolute atomic E-state index is 0.198. The highest BCUT2D eigenvalue weighted by Crippen LogP contribution is 2.25. The van der Waals surface area contributed by atoms with Gasteiger partial charge in [0.1, 0.15) is 6.04 Å². The molecule has 8 heteroatoms. The summed E-state index contributed by atoms with van der Waals surface area (Å²) < 4.78 is 5.25. The first kappa shape index (κ1) is 22.5. The number of hydrogen-bond donors (Lipinski definition) is 3. The predicted molar refractivity (Wildman–Crippen MR) is 131 cm³/mol. The Morgan fingerprint density at radius 1 is 1.09 bits per heavy atom. The first-order valence-corrected chi connectivity index (χ1v) is 11.7. The van der Waals surface area contributed by atoms with E-state index in [1.165, 1.54) is 11.3 Å². The second kappa shape index (κ2) is 10.3. The number of hydrogen-bond acceptors (Lipinski definition) is 5. The third-order valence-electron chi connectivity index (χ3n) is 5.06. The summed E-state index contributed by atoms with van der Waals surface area (Å²) in [6, 6.07) is 16.8. The number of amides is 2. The molecule has 0 aliphatic heterocycles. The van der Waals surface area contributed by atoms with Crippen molar-refractivity contribution < 1.29 is 14.3 Å². The lowest BCUT2D eigenvalue weighted by molar-refractivity contribution is -0.118. The number of carbonyl (C=O) groups is 2. The molecule has 0 aliphatic rings. The van der Waals surface area contributed by atoms with Crippen molar-refractivity contribution in [2.75, 3.05) is 11.9 Å². The number of ether oxygens (including phenoxy) is 1. The van der Waals surface area contributed by atoms with Gasteiger partial charge in [-0.05, 0) is 17.5 Å². The number of carbonyl (C=O) groups excluding carboxylic acids is 2. The summed E-state index contributed by atoms with van der Waals surface area (Å²) in [4.78, 5) is 33.3. The van der Waals surface area contributed by atoms with Gasteiger partial charge in [0.15, 0.2) is 5.13 Å². The van der Waals surface area contributed by atoms with Gasteiger partial charge in [0.05, 0.1) is 12.3 Å². The van der Waals surface area contributed by atoms with E-state index in [4.69, 9.17) is 4.74 Å². The molecule has 0 unspecified atom stereocenters. The zero-order valence-corrected chi connectivity index (χ0v) is 19.3. The number of anilines is 1. The van der Waals surface area contributed by atoms with Gasteiger partial charge in [-0.25, -0.2) is 9.78 Å². The van der Waals surface area contributed by atoms with Gasteiger partial charge < -0.3 is 20.4 Å². The highest BCUT2D eigenvalue weighted by atomic mass is 32.1. The SMILES string of the molecule is CC(C)COC(=O)N[C@@H](Cc1c[nH]c2ccccc12)C(=O)Nc1nc(-c2ccccc2)cs1. The Labute approximate surface area is 196 Å². The molecule has 0 saturated heterocycles. The summed E-state index contributed by atoms with van der Waals surface area (Å²) in [5.74, 6) is -0.154. The zero-order valence-electron chi connectivity index (χ0n) is 18.5. The number of alkyl carbamates (subject to hydrolysis) is 1. The molecule has 2 aromatic heterocycles. The molecule has 0 aliphatic carbocycles. The lowest BCUT2D eigenvalue weighted by atomic mass is 10.0. The van der Waals surface area contributed by atoms with Crippen LogP contribution in [0.25, 0.3) is 22.2 Å². The zero-order chi connectivity index (χ0) is 23.2. The highest BCUT2D eigenvalue weighted by molar-refractivity contribution is 7.14. The van der Waals surface area contributed by atoms with Gasteiger partial charge in [-0.1, -0.05) is 62.4 Å². The van der Waals surface area contributed by atoms with Gasteiger partial charge in [0, 0.05) is 34.5 Å². The number of aromatic amines is 1. The fraction of sp³-hybridized carbons (Fsp3) is 0.240. The smallest absolute Gasteiger partial charge is 0.407 e. The number of thiazole rings is 1. The fourth-order valence-electron chi connectivity index (χ4n) is 3.42. The van der Waals surface area contributed by atoms with E-state index in [2.05, 4.69) is 20.6 Å². The van der Waals surface area contributed by atoms with Crippen LogP contribution in [0.1, 0.15) is 19.4 Å². The van der Waals surface area contributed by atoms with Crippen LogP contribution >= 0.6 is 11.3 Å². The van der Waals surface area contributed by atoms with E-state index >= 15 is 0 Å². The molecule has 2 heterocycles. The molecule has 1 atom stereocenters. The lowest BCUT2D eigenvalue weighted by Gasteiger charge is -2.18. The molecule has 0 fully saturated rings. The van der Waals surface area contributed by atoms with Crippen LogP contribution in [0, 0.1) is 5.92 Å². The maximum atomic E-state index is 13.2. The minimum Gasteiger partial charge on any atom is -0.449 e. The summed E-state index contributed by atoms with van der Waals surface area (Å²) in [6.07, 6.45) is 1.56. The van der Waals surface area contributed by atoms with Crippen molar-refractivity contribution >= 4 is 39.4 Å². The number of fused-ring (bicyclic) bond motifs is 1. The maximum absolute atomic E-state index is 13.2. The monoisotopic (exact) mass is 462 g/mol. The van der Waals surface area contributed by atoms with Crippen molar-refractivity contribution in [1.82, 2.24) is 15.3 Å². The number of nitrogens with zero attached hydrogens (tertiary/aromatic N) is 1. The van der Waals surface area contributed by atoms with Crippen molar-refractivity contribution in [1.29, 1.82) is 0 Å². The number of aromatic nitrogens is 2. The van der Waals surface area contributed by atoms with Gasteiger partial charge in [0.2, 0.25) is 5.91 Å². The fourth-order valence-corrected chi connectivity index (χ4v) is 4.14. The average Bonchev–Trinajstić information content (AvgIpc) is 3.45. The normalized spacial score (nSPS) is 12.0. The molecule has 0 saturated carbocycles. The number of benzene rings is 2. The first-order chi connectivity index (χ1) is 16.0. The molecule has 0 spiro atoms. The van der Waals surface area contributed by atoms with Crippen molar-refractivity contribution in [3.63, 3.8) is 0 Å². The van der Waals surface area contributed by atoms with Crippen molar-refractivity contribution in [3.8, 4) is 11.3 Å². The summed E-state index contributed by atoms with van der Waals surface area (Å²) in [6.45, 7) is 4.19. The standard InChI is InChI=1S/C25H26N4O3S/c1-16(2)14-32-25(31)28-21(12-18-13-26-20-11-7-6-10-19(18)20)23(30)29-24-27-22(15-33-24)17-8-4-3-5-9-17/h3-11,13,15-16,21,26H,12,14H2,1-2H3,(H,28,31)(H,27,29,30)/t21-/m0/s1. The van der Waals surface area contributed by atoms with E-state index in [1.54, 1.807) is 0 Å². The summed E-state index contributed by atoms with van der Waals surface area (Å²) in [5, 5.41) is 8.95. The van der Waals surface area contributed by atoms with Crippen LogP contribution in [0.3, 0.4) is 0 Å². The van der Waals surface area contributed by atoms with Crippen LogP contribution in [-0.4, -0.2) is 34.6 Å². The Kier molecular flexibility index (Phi) is 7.04. The molecule has 170 valence electrons. The molecule has 4 rings (SSSR count). The van der Waals surface area contributed by atoms with Crippen molar-refractivity contribution in [2.45, 2.75) is 26.3 Å². The summed E-state index contributed by atoms with van der Waals surface area (Å²) in [7, 11) is 0. The van der Waals surface area contributed by atoms with Crippen LogP contribution in [0.2, 0.25) is 0 Å². The predicted octanol–water partition coefficient (Wildman–Crippen LogP) is 5.22. The number of H-pyrrole nitrogens is 1. The van der Waals surface area contributed by atoms with Gasteiger partial charge in [-0.3, -0.25) is 4.79 Å². The molecule has 2 amide bonds. The van der Waals surface area contributed by atoms with Crippen LogP contribution in [0.5, 0.6) is 0 Å². The van der Waals surface area contributed by atoms with E-state index in [9.17, 15) is 9.59 Å². The van der Waals surface area contributed by atoms with Crippen molar-refractivity contribution in [3.05, 3.63) is 71.7 Å². The largest absolute Gasteiger partial charge is 0.449 e. The van der Waals surface area contributed by atoms with Crippen LogP contribution in [-0.2, 0) is 16.0 Å². The highest BCUT2D eigenvalue weighted by Gasteiger charge is 2.24. The summed E-state index contributed by atoms with van der Waals surface area (Å²) in [5.41, 5.74) is 3.66. The van der Waals surface area contributed by atoms with E-state index in [1.807, 2.05) is 80.0 Å². The van der Waals surface area contributed by atoms with Gasteiger partial charge in [0.25, 0.3) is 0 Å². The molecular weight excluding hydrogens is 436 g/mol. The number of nitrogens with one attached hydrogen (secondary N) is 3. The maximum Gasteiger partial charge on any atom is 0.407 e. The minimum atomic E-state index is -0.826. The third kappa shape index (κ3) is 5.78.